The number of ether oxygens (including phenoxy) is 2. The van der Waals surface area contributed by atoms with E-state index in [4.69, 9.17) is 9.47 Å². The molecule has 2 aromatic carbocycles. The second-order valence-corrected chi connectivity index (χ2v) is 9.07. The van der Waals surface area contributed by atoms with Crippen LogP contribution in [-0.4, -0.2) is 35.3 Å². The number of benzene rings is 2. The number of allylic oxidation sites excluding steroid dienone is 7. The van der Waals surface area contributed by atoms with Crippen molar-refractivity contribution in [3.05, 3.63) is 93.8 Å². The molecule has 0 fully saturated rings. The van der Waals surface area contributed by atoms with E-state index in [2.05, 4.69) is 0 Å². The maximum Gasteiger partial charge on any atom is 0.182 e. The third-order valence-electron chi connectivity index (χ3n) is 5.43. The molecule has 2 aromatic rings. The molecule has 0 radical (unpaired) electrons. The van der Waals surface area contributed by atoms with Gasteiger partial charge in [-0.2, -0.15) is 0 Å². The van der Waals surface area contributed by atoms with E-state index in [-0.39, 0.29) is 17.3 Å². The van der Waals surface area contributed by atoms with Crippen LogP contribution in [0.4, 0.5) is 0 Å². The van der Waals surface area contributed by atoms with E-state index in [0.29, 0.717) is 46.6 Å². The van der Waals surface area contributed by atoms with Gasteiger partial charge in [-0.3, -0.25) is 4.79 Å². The minimum Gasteiger partial charge on any atom is -0.508 e. The molecule has 0 unspecified atom stereocenters. The number of carbonyl (C=O) groups is 1. The van der Waals surface area contributed by atoms with Gasteiger partial charge in [0.2, 0.25) is 0 Å². The lowest BCUT2D eigenvalue weighted by Gasteiger charge is -2.10. The summed E-state index contributed by atoms with van der Waals surface area (Å²) in [7, 11) is 2.95. The summed E-state index contributed by atoms with van der Waals surface area (Å²) in [6, 6.07) is 6.88. The van der Waals surface area contributed by atoms with Crippen molar-refractivity contribution in [1.82, 2.24) is 0 Å². The van der Waals surface area contributed by atoms with Crippen LogP contribution in [0.15, 0.2) is 71.6 Å². The summed E-state index contributed by atoms with van der Waals surface area (Å²) in [5.41, 5.74) is 5.01. The third kappa shape index (κ3) is 9.08. The van der Waals surface area contributed by atoms with Gasteiger partial charge in [0.25, 0.3) is 0 Å². The van der Waals surface area contributed by atoms with Gasteiger partial charge in [0.1, 0.15) is 5.76 Å². The normalized spacial score (nSPS) is 11.6. The first-order valence-corrected chi connectivity index (χ1v) is 11.9. The Kier molecular flexibility index (Phi) is 10.8. The van der Waals surface area contributed by atoms with Gasteiger partial charge in [-0.05, 0) is 88.1 Å². The van der Waals surface area contributed by atoms with Crippen LogP contribution >= 0.6 is 0 Å². The van der Waals surface area contributed by atoms with Crippen molar-refractivity contribution in [3.63, 3.8) is 0 Å². The van der Waals surface area contributed by atoms with E-state index in [9.17, 15) is 20.1 Å². The largest absolute Gasteiger partial charge is 0.508 e. The van der Waals surface area contributed by atoms with E-state index >= 15 is 0 Å². The summed E-state index contributed by atoms with van der Waals surface area (Å²) in [5, 5.41) is 31.0. The molecular weight excluding hydrogens is 468 g/mol. The summed E-state index contributed by atoms with van der Waals surface area (Å²) in [4.78, 5) is 12.4. The molecule has 0 aromatic heterocycles. The summed E-state index contributed by atoms with van der Waals surface area (Å²) in [6.45, 7) is 7.92. The molecule has 6 nitrogen and oxygen atoms in total. The van der Waals surface area contributed by atoms with Crippen molar-refractivity contribution < 1.29 is 29.6 Å². The van der Waals surface area contributed by atoms with Crippen LogP contribution < -0.4 is 9.47 Å². The highest BCUT2D eigenvalue weighted by Gasteiger charge is 2.10. The van der Waals surface area contributed by atoms with Crippen LogP contribution in [0.3, 0.4) is 0 Å². The van der Waals surface area contributed by atoms with E-state index in [1.165, 1.54) is 26.4 Å². The summed E-state index contributed by atoms with van der Waals surface area (Å²) in [6.07, 6.45) is 12.1. The number of carbonyl (C=O) groups excluding carboxylic acids is 1. The summed E-state index contributed by atoms with van der Waals surface area (Å²) >= 11 is 0. The molecule has 0 heterocycles. The fourth-order valence-corrected chi connectivity index (χ4v) is 3.42. The zero-order valence-corrected chi connectivity index (χ0v) is 22.3. The molecule has 0 aliphatic heterocycles. The number of aliphatic hydroxyl groups excluding tert-OH is 1. The Bertz CT molecular complexity index is 1270. The number of aliphatic hydroxyl groups is 1. The lowest BCUT2D eigenvalue weighted by molar-refractivity contribution is -0.110. The molecule has 0 atom stereocenters. The van der Waals surface area contributed by atoms with Gasteiger partial charge in [-0.1, -0.05) is 35.5 Å². The van der Waals surface area contributed by atoms with Crippen LogP contribution in [0.2, 0.25) is 0 Å². The van der Waals surface area contributed by atoms with Gasteiger partial charge >= 0.3 is 0 Å². The fourth-order valence-electron chi connectivity index (χ4n) is 3.42. The Morgan fingerprint density at radius 3 is 1.59 bits per heavy atom. The third-order valence-corrected chi connectivity index (χ3v) is 5.43. The highest BCUT2D eigenvalue weighted by Crippen LogP contribution is 2.34. The first kappa shape index (κ1) is 29.0. The molecule has 0 saturated carbocycles. The number of methoxy groups -OCH3 is 2. The molecule has 0 bridgehead atoms. The van der Waals surface area contributed by atoms with Gasteiger partial charge in [0.05, 0.1) is 14.2 Å². The average Bonchev–Trinajstić information content (AvgIpc) is 2.85. The number of ketones is 1. The van der Waals surface area contributed by atoms with Crippen LogP contribution in [0, 0.1) is 0 Å². The van der Waals surface area contributed by atoms with Crippen molar-refractivity contribution in [3.8, 4) is 23.0 Å². The number of phenolic OH excluding ortho intramolecular Hbond substituents is 2. The van der Waals surface area contributed by atoms with Crippen LogP contribution in [0.5, 0.6) is 23.0 Å². The molecule has 37 heavy (non-hydrogen) atoms. The van der Waals surface area contributed by atoms with Crippen LogP contribution in [-0.2, 0) is 17.6 Å². The number of hydrogen-bond donors (Lipinski definition) is 3. The van der Waals surface area contributed by atoms with E-state index in [0.717, 1.165) is 17.2 Å². The van der Waals surface area contributed by atoms with Crippen molar-refractivity contribution >= 4 is 17.9 Å². The summed E-state index contributed by atoms with van der Waals surface area (Å²) in [5.74, 6) is 0.164. The standard InChI is InChI=1S/C31H36O6/c1-20(2)7-11-24-15-22(17-28(36-5)30(24)34)9-13-26(32)19-27(33)14-10-23-16-25(12-8-21(3)4)31(35)29(18-23)37-6/h7-10,13-19,32,34-35H,11-12H2,1-6H3/b13-9+,14-10+,26-19?. The summed E-state index contributed by atoms with van der Waals surface area (Å²) < 4.78 is 10.5. The molecule has 0 amide bonds. The van der Waals surface area contributed by atoms with Crippen molar-refractivity contribution in [2.45, 2.75) is 40.5 Å². The monoisotopic (exact) mass is 504 g/mol. The first-order valence-electron chi connectivity index (χ1n) is 11.9. The zero-order valence-electron chi connectivity index (χ0n) is 22.3. The molecule has 0 aliphatic carbocycles. The Labute approximate surface area is 219 Å². The van der Waals surface area contributed by atoms with Crippen molar-refractivity contribution in [1.29, 1.82) is 0 Å². The zero-order chi connectivity index (χ0) is 27.5. The van der Waals surface area contributed by atoms with Crippen molar-refractivity contribution in [2.75, 3.05) is 14.2 Å². The molecule has 0 aliphatic rings. The molecule has 3 N–H and O–H groups in total. The Hall–Kier alpha value is -4.19. The van der Waals surface area contributed by atoms with Gasteiger partial charge in [0, 0.05) is 17.2 Å². The predicted octanol–water partition coefficient (Wildman–Crippen LogP) is 6.87. The minimum absolute atomic E-state index is 0.0704. The molecule has 196 valence electrons. The number of phenols is 2. The lowest BCUT2D eigenvalue weighted by atomic mass is 10.0. The smallest absolute Gasteiger partial charge is 0.182 e. The first-order chi connectivity index (χ1) is 17.5. The lowest BCUT2D eigenvalue weighted by Crippen LogP contribution is -1.93. The van der Waals surface area contributed by atoms with E-state index in [1.54, 1.807) is 36.4 Å². The Balaban J connectivity index is 2.22. The topological polar surface area (TPSA) is 96.2 Å². The maximum atomic E-state index is 12.4. The highest BCUT2D eigenvalue weighted by atomic mass is 16.5. The van der Waals surface area contributed by atoms with Gasteiger partial charge < -0.3 is 24.8 Å². The number of rotatable bonds is 11. The Morgan fingerprint density at radius 1 is 0.757 bits per heavy atom. The molecule has 6 heteroatoms. The number of aromatic hydroxyl groups is 2. The fraction of sp³-hybridized carbons (Fsp3) is 0.258. The molecule has 2 rings (SSSR count). The van der Waals surface area contributed by atoms with Crippen LogP contribution in [0.1, 0.15) is 49.9 Å². The SMILES string of the molecule is COc1cc(/C=C/C(=O)C=C(O)/C=C/c2cc(CC=C(C)C)c(O)c(OC)c2)cc(CC=C(C)C)c1O. The maximum absolute atomic E-state index is 12.4. The van der Waals surface area contributed by atoms with Gasteiger partial charge in [-0.25, -0.2) is 0 Å². The molecular formula is C31H36O6. The molecule has 0 saturated heterocycles. The second-order valence-electron chi connectivity index (χ2n) is 9.07. The quantitative estimate of drug-likeness (QED) is 0.134. The van der Waals surface area contributed by atoms with Gasteiger partial charge in [0.15, 0.2) is 28.8 Å². The van der Waals surface area contributed by atoms with Crippen molar-refractivity contribution in [2.24, 2.45) is 0 Å². The Morgan fingerprint density at radius 2 is 1.19 bits per heavy atom. The minimum atomic E-state index is -0.410. The highest BCUT2D eigenvalue weighted by molar-refractivity contribution is 6.02. The molecule has 0 spiro atoms. The van der Waals surface area contributed by atoms with E-state index < -0.39 is 5.78 Å². The average molecular weight is 505 g/mol. The van der Waals surface area contributed by atoms with E-state index in [1.807, 2.05) is 39.8 Å². The number of hydrogen-bond acceptors (Lipinski definition) is 6. The predicted molar refractivity (Wildman–Crippen MR) is 149 cm³/mol. The van der Waals surface area contributed by atoms with Crippen LogP contribution in [0.25, 0.3) is 12.2 Å². The van der Waals surface area contributed by atoms with Gasteiger partial charge in [-0.15, -0.1) is 0 Å². The second kappa shape index (κ2) is 13.8.